The number of hydrogen-bond acceptors (Lipinski definition) is 7. The Kier molecular flexibility index (Phi) is 6.65. The van der Waals surface area contributed by atoms with Gasteiger partial charge in [0, 0.05) is 41.7 Å². The van der Waals surface area contributed by atoms with Gasteiger partial charge in [0.25, 0.3) is 0 Å². The predicted octanol–water partition coefficient (Wildman–Crippen LogP) is 1.11. The average molecular weight is 461 g/mol. The fraction of sp³-hybridized carbons (Fsp3) is 0.565. The zero-order valence-corrected chi connectivity index (χ0v) is 19.3. The zero-order valence-electron chi connectivity index (χ0n) is 18.5. The van der Waals surface area contributed by atoms with E-state index in [1.54, 1.807) is 18.7 Å². The van der Waals surface area contributed by atoms with Gasteiger partial charge in [-0.15, -0.1) is 11.8 Å². The Balaban J connectivity index is 1.41. The standard InChI is InChI=1S/C23H32N4O4S/c1-12-19-18(13(2)28)22(29)27(19)20(23(30)31)21(12)32-16-7-8-26(11-16)10-14-3-5-15(6-4-14)17(25)9-24/h3-6,12-13,16-19,28H,7-11,24-25H2,1-2H3,(H,30,31)/t12-,13?,16-,17?,18-,19-/m1/s1. The maximum Gasteiger partial charge on any atom is 0.353 e. The van der Waals surface area contributed by atoms with Crippen molar-refractivity contribution in [3.63, 3.8) is 0 Å². The average Bonchev–Trinajstić information content (AvgIpc) is 3.29. The third kappa shape index (κ3) is 4.08. The number of aliphatic hydroxyl groups is 1. The molecule has 1 aromatic carbocycles. The first-order valence-electron chi connectivity index (χ1n) is 11.1. The lowest BCUT2D eigenvalue weighted by atomic mass is 9.79. The van der Waals surface area contributed by atoms with E-state index in [4.69, 9.17) is 11.5 Å². The van der Waals surface area contributed by atoms with Gasteiger partial charge in [-0.05, 0) is 31.0 Å². The number of likely N-dealkylation sites (tertiary alicyclic amines) is 1. The van der Waals surface area contributed by atoms with Gasteiger partial charge in [-0.2, -0.15) is 0 Å². The SMILES string of the molecule is CC(O)[C@H]1C(=O)N2C(C(=O)O)=C(S[C@@H]3CCN(Cc4ccc(C(N)CN)cc4)C3)[C@H](C)[C@H]12. The van der Waals surface area contributed by atoms with Crippen molar-refractivity contribution in [3.05, 3.63) is 46.0 Å². The Morgan fingerprint density at radius 1 is 1.31 bits per heavy atom. The molecule has 1 aromatic rings. The van der Waals surface area contributed by atoms with Crippen LogP contribution in [0.5, 0.6) is 0 Å². The monoisotopic (exact) mass is 460 g/mol. The smallest absolute Gasteiger partial charge is 0.353 e. The van der Waals surface area contributed by atoms with E-state index in [2.05, 4.69) is 17.0 Å². The second-order valence-corrected chi connectivity index (χ2v) is 10.5. The lowest BCUT2D eigenvalue weighted by molar-refractivity contribution is -0.163. The summed E-state index contributed by atoms with van der Waals surface area (Å²) < 4.78 is 0. The fourth-order valence-electron chi connectivity index (χ4n) is 5.16. The number of carbonyl (C=O) groups excluding carboxylic acids is 1. The van der Waals surface area contributed by atoms with Crippen molar-refractivity contribution in [1.82, 2.24) is 9.80 Å². The largest absolute Gasteiger partial charge is 0.477 e. The summed E-state index contributed by atoms with van der Waals surface area (Å²) in [6.07, 6.45) is 0.181. The number of carbonyl (C=O) groups is 2. The molecule has 2 saturated heterocycles. The molecule has 8 nitrogen and oxygen atoms in total. The van der Waals surface area contributed by atoms with Crippen LogP contribution in [0.15, 0.2) is 34.9 Å². The molecular weight excluding hydrogens is 428 g/mol. The molecule has 3 heterocycles. The molecule has 6 atom stereocenters. The molecular formula is C23H32N4O4S. The zero-order chi connectivity index (χ0) is 23.2. The Hall–Kier alpha value is -1.91. The van der Waals surface area contributed by atoms with Crippen LogP contribution in [0, 0.1) is 11.8 Å². The van der Waals surface area contributed by atoms with Crippen LogP contribution in [0.1, 0.15) is 37.4 Å². The third-order valence-electron chi connectivity index (χ3n) is 6.90. The highest BCUT2D eigenvalue weighted by molar-refractivity contribution is 8.03. The van der Waals surface area contributed by atoms with Gasteiger partial charge in [0.05, 0.1) is 18.1 Å². The number of carboxylic acid groups (broad SMARTS) is 1. The summed E-state index contributed by atoms with van der Waals surface area (Å²) in [5.41, 5.74) is 14.0. The van der Waals surface area contributed by atoms with Crippen molar-refractivity contribution in [2.75, 3.05) is 19.6 Å². The molecule has 2 fully saturated rings. The summed E-state index contributed by atoms with van der Waals surface area (Å²) in [5.74, 6) is -1.95. The summed E-state index contributed by atoms with van der Waals surface area (Å²) in [4.78, 5) is 29.0. The molecule has 32 heavy (non-hydrogen) atoms. The number of carboxylic acids is 1. The Bertz CT molecular complexity index is 919. The molecule has 6 N–H and O–H groups in total. The molecule has 2 unspecified atom stereocenters. The van der Waals surface area contributed by atoms with E-state index < -0.39 is 18.0 Å². The minimum atomic E-state index is -1.06. The number of fused-ring (bicyclic) bond motifs is 1. The van der Waals surface area contributed by atoms with E-state index in [-0.39, 0.29) is 34.9 Å². The lowest BCUT2D eigenvalue weighted by Gasteiger charge is -2.46. The van der Waals surface area contributed by atoms with Crippen molar-refractivity contribution in [3.8, 4) is 0 Å². The summed E-state index contributed by atoms with van der Waals surface area (Å²) in [5, 5.41) is 20.1. The van der Waals surface area contributed by atoms with Crippen LogP contribution in [0.2, 0.25) is 0 Å². The lowest BCUT2D eigenvalue weighted by Crippen LogP contribution is -2.63. The second kappa shape index (κ2) is 9.15. The number of hydrogen-bond donors (Lipinski definition) is 4. The maximum atomic E-state index is 12.5. The van der Waals surface area contributed by atoms with Gasteiger partial charge in [0.1, 0.15) is 5.70 Å². The maximum absolute atomic E-state index is 12.5. The summed E-state index contributed by atoms with van der Waals surface area (Å²) >= 11 is 1.60. The second-order valence-electron chi connectivity index (χ2n) is 9.12. The molecule has 174 valence electrons. The van der Waals surface area contributed by atoms with Crippen LogP contribution in [-0.2, 0) is 16.1 Å². The number of aliphatic carboxylic acids is 1. The summed E-state index contributed by atoms with van der Waals surface area (Å²) in [7, 11) is 0. The first kappa shape index (κ1) is 23.3. The first-order chi connectivity index (χ1) is 15.2. The topological polar surface area (TPSA) is 133 Å². The van der Waals surface area contributed by atoms with E-state index >= 15 is 0 Å². The van der Waals surface area contributed by atoms with Crippen molar-refractivity contribution in [2.24, 2.45) is 23.3 Å². The van der Waals surface area contributed by atoms with Gasteiger partial charge in [-0.1, -0.05) is 31.2 Å². The van der Waals surface area contributed by atoms with Crippen LogP contribution < -0.4 is 11.5 Å². The molecule has 0 spiro atoms. The van der Waals surface area contributed by atoms with Gasteiger partial charge in [-0.25, -0.2) is 4.79 Å². The van der Waals surface area contributed by atoms with E-state index in [0.717, 1.165) is 36.5 Å². The van der Waals surface area contributed by atoms with Crippen molar-refractivity contribution in [2.45, 2.75) is 50.3 Å². The van der Waals surface area contributed by atoms with E-state index in [0.29, 0.717) is 6.54 Å². The van der Waals surface area contributed by atoms with Crippen LogP contribution >= 0.6 is 11.8 Å². The molecule has 0 aromatic heterocycles. The Labute approximate surface area is 192 Å². The number of thioether (sulfide) groups is 1. The molecule has 3 aliphatic heterocycles. The third-order valence-corrected chi connectivity index (χ3v) is 8.44. The van der Waals surface area contributed by atoms with Gasteiger partial charge >= 0.3 is 5.97 Å². The highest BCUT2D eigenvalue weighted by Crippen LogP contribution is 2.51. The number of β-lactam (4-membered cyclic amide) rings is 1. The number of aliphatic hydroxyl groups excluding tert-OH is 1. The number of nitrogens with two attached hydrogens (primary N) is 2. The predicted molar refractivity (Wildman–Crippen MR) is 123 cm³/mol. The van der Waals surface area contributed by atoms with Crippen molar-refractivity contribution < 1.29 is 19.8 Å². The molecule has 1 amide bonds. The molecule has 4 rings (SSSR count). The van der Waals surface area contributed by atoms with Crippen molar-refractivity contribution in [1.29, 1.82) is 0 Å². The number of benzene rings is 1. The Morgan fingerprint density at radius 2 is 2.00 bits per heavy atom. The molecule has 0 saturated carbocycles. The molecule has 0 aliphatic carbocycles. The highest BCUT2D eigenvalue weighted by Gasteiger charge is 2.60. The van der Waals surface area contributed by atoms with E-state index in [1.807, 2.05) is 19.1 Å². The minimum absolute atomic E-state index is 0.0863. The molecule has 9 heteroatoms. The molecule has 3 aliphatic rings. The normalized spacial score (nSPS) is 29.8. The highest BCUT2D eigenvalue weighted by atomic mass is 32.2. The number of nitrogens with zero attached hydrogens (tertiary/aromatic N) is 2. The van der Waals surface area contributed by atoms with Crippen molar-refractivity contribution >= 4 is 23.6 Å². The van der Waals surface area contributed by atoms with Gasteiger partial charge in [0.2, 0.25) is 5.91 Å². The number of rotatable bonds is 8. The van der Waals surface area contributed by atoms with Gasteiger partial charge in [-0.3, -0.25) is 9.69 Å². The van der Waals surface area contributed by atoms with Crippen LogP contribution in [-0.4, -0.2) is 68.9 Å². The first-order valence-corrected chi connectivity index (χ1v) is 12.0. The quantitative estimate of drug-likeness (QED) is 0.424. The van der Waals surface area contributed by atoms with Crippen LogP contribution in [0.3, 0.4) is 0 Å². The van der Waals surface area contributed by atoms with Crippen LogP contribution in [0.4, 0.5) is 0 Å². The summed E-state index contributed by atoms with van der Waals surface area (Å²) in [6, 6.07) is 7.82. The van der Waals surface area contributed by atoms with E-state index in [1.165, 1.54) is 10.5 Å². The fourth-order valence-corrected chi connectivity index (χ4v) is 6.68. The van der Waals surface area contributed by atoms with Gasteiger partial charge < -0.3 is 26.6 Å². The minimum Gasteiger partial charge on any atom is -0.477 e. The van der Waals surface area contributed by atoms with E-state index in [9.17, 15) is 19.8 Å². The summed E-state index contributed by atoms with van der Waals surface area (Å²) in [6.45, 7) is 6.61. The Morgan fingerprint density at radius 3 is 2.59 bits per heavy atom. The molecule has 0 radical (unpaired) electrons. The number of amides is 1. The van der Waals surface area contributed by atoms with Gasteiger partial charge in [0.15, 0.2) is 0 Å². The van der Waals surface area contributed by atoms with Crippen LogP contribution in [0.25, 0.3) is 0 Å². The molecule has 0 bridgehead atoms.